The monoisotopic (exact) mass is 334 g/mol. The van der Waals surface area contributed by atoms with Crippen molar-refractivity contribution in [1.82, 2.24) is 4.98 Å². The number of nitrogens with one attached hydrogen (secondary N) is 1. The topological polar surface area (TPSA) is 68.3 Å². The molecule has 0 aliphatic rings. The molecule has 1 aromatic heterocycles. The molecule has 0 aliphatic carbocycles. The fraction of sp³-hybridized carbons (Fsp3) is 0.0833. The second kappa shape index (κ2) is 6.78. The number of hydrogen-bond acceptors (Lipinski definition) is 4. The predicted molar refractivity (Wildman–Crippen MR) is 80.3 cm³/mol. The number of rotatable bonds is 4. The number of pyridine rings is 1. The van der Waals surface area contributed by atoms with Crippen LogP contribution in [-0.4, -0.2) is 20.5 Å². The van der Waals surface area contributed by atoms with Gasteiger partial charge in [0.25, 0.3) is 10.0 Å². The van der Waals surface area contributed by atoms with E-state index in [-0.39, 0.29) is 23.1 Å². The maximum absolute atomic E-state index is 12.3. The molecule has 1 N–H and O–H groups in total. The molecule has 0 amide bonds. The highest BCUT2D eigenvalue weighted by Crippen LogP contribution is 2.28. The predicted octanol–water partition coefficient (Wildman–Crippen LogP) is 2.97. The van der Waals surface area contributed by atoms with Gasteiger partial charge < -0.3 is 4.74 Å². The third-order valence-corrected chi connectivity index (χ3v) is 3.99. The summed E-state index contributed by atoms with van der Waals surface area (Å²) in [4.78, 5) is 3.80. The number of nitrogens with zero attached hydrogens (tertiary/aromatic N) is 1. The third kappa shape index (κ3) is 3.75. The van der Waals surface area contributed by atoms with Gasteiger partial charge in [0, 0.05) is 17.4 Å². The molecule has 0 bridgehead atoms. The quantitative estimate of drug-likeness (QED) is 0.933. The van der Waals surface area contributed by atoms with Crippen LogP contribution in [0.1, 0.15) is 0 Å². The van der Waals surface area contributed by atoms with Gasteiger partial charge in [-0.1, -0.05) is 11.6 Å². The molecule has 0 aliphatic heterocycles. The van der Waals surface area contributed by atoms with E-state index >= 15 is 0 Å². The van der Waals surface area contributed by atoms with E-state index in [4.69, 9.17) is 16.3 Å². The molecule has 5 nitrogen and oxygen atoms in total. The van der Waals surface area contributed by atoms with Crippen LogP contribution in [0.2, 0.25) is 5.02 Å². The summed E-state index contributed by atoms with van der Waals surface area (Å²) < 4.78 is 32.0. The molecule has 2 aromatic rings. The lowest BCUT2D eigenvalue weighted by Gasteiger charge is -2.11. The Balaban J connectivity index is 0.00000200. The lowest BCUT2D eigenvalue weighted by atomic mass is 10.3. The molecular formula is C12H12Cl2N2O3S. The van der Waals surface area contributed by atoms with Gasteiger partial charge in [0.15, 0.2) is 0 Å². The summed E-state index contributed by atoms with van der Waals surface area (Å²) in [6.07, 6.45) is 2.99. The van der Waals surface area contributed by atoms with Crippen LogP contribution in [0.15, 0.2) is 47.6 Å². The number of hydrogen-bond donors (Lipinski definition) is 1. The first kappa shape index (κ1) is 16.6. The van der Waals surface area contributed by atoms with E-state index in [1.54, 1.807) is 18.2 Å². The third-order valence-electron chi connectivity index (χ3n) is 2.35. The summed E-state index contributed by atoms with van der Waals surface area (Å²) in [5.41, 5.74) is 0.414. The largest absolute Gasteiger partial charge is 0.495 e. The minimum atomic E-state index is -3.77. The Labute approximate surface area is 128 Å². The van der Waals surface area contributed by atoms with Gasteiger partial charge in [-0.05, 0) is 30.3 Å². The van der Waals surface area contributed by atoms with Crippen molar-refractivity contribution in [1.29, 1.82) is 0 Å². The van der Waals surface area contributed by atoms with Crippen molar-refractivity contribution in [2.24, 2.45) is 0 Å². The van der Waals surface area contributed by atoms with E-state index in [0.717, 1.165) is 0 Å². The lowest BCUT2D eigenvalue weighted by molar-refractivity contribution is 0.403. The number of methoxy groups -OCH3 is 1. The average Bonchev–Trinajstić information content (AvgIpc) is 2.39. The van der Waals surface area contributed by atoms with Crippen molar-refractivity contribution in [3.8, 4) is 5.75 Å². The van der Waals surface area contributed by atoms with Crippen molar-refractivity contribution in [2.75, 3.05) is 11.8 Å². The summed E-state index contributed by atoms with van der Waals surface area (Å²) in [5, 5.41) is 0.316. The van der Waals surface area contributed by atoms with Crippen LogP contribution in [0.25, 0.3) is 0 Å². The highest BCUT2D eigenvalue weighted by molar-refractivity contribution is 7.92. The first-order chi connectivity index (χ1) is 9.03. The van der Waals surface area contributed by atoms with Crippen LogP contribution in [0.5, 0.6) is 5.75 Å². The summed E-state index contributed by atoms with van der Waals surface area (Å²) in [6.45, 7) is 0. The fourth-order valence-corrected chi connectivity index (χ4v) is 2.98. The summed E-state index contributed by atoms with van der Waals surface area (Å²) in [7, 11) is -2.37. The number of benzene rings is 1. The van der Waals surface area contributed by atoms with Gasteiger partial charge in [-0.15, -0.1) is 12.4 Å². The molecule has 1 aromatic carbocycles. The van der Waals surface area contributed by atoms with Gasteiger partial charge in [0.05, 0.1) is 12.8 Å². The normalized spacial score (nSPS) is 10.5. The van der Waals surface area contributed by atoms with Crippen LogP contribution in [0.4, 0.5) is 5.69 Å². The van der Waals surface area contributed by atoms with Gasteiger partial charge in [-0.2, -0.15) is 0 Å². The lowest BCUT2D eigenvalue weighted by Crippen LogP contribution is -2.14. The van der Waals surface area contributed by atoms with E-state index in [9.17, 15) is 8.42 Å². The van der Waals surface area contributed by atoms with Crippen LogP contribution in [0, 0.1) is 0 Å². The molecule has 0 unspecified atom stereocenters. The van der Waals surface area contributed by atoms with Crippen LogP contribution >= 0.6 is 24.0 Å². The van der Waals surface area contributed by atoms with Crippen molar-refractivity contribution < 1.29 is 13.2 Å². The first-order valence-electron chi connectivity index (χ1n) is 5.29. The smallest absolute Gasteiger partial charge is 0.265 e. The maximum atomic E-state index is 12.3. The standard InChI is InChI=1S/C12H11ClN2O3S.ClH/c1-18-11-3-2-9(13)8-12(11)19(16,17)15-10-4-6-14-7-5-10;/h2-8H,1H3,(H,14,15);1H. The Morgan fingerprint density at radius 1 is 1.20 bits per heavy atom. The highest BCUT2D eigenvalue weighted by atomic mass is 35.5. The first-order valence-corrected chi connectivity index (χ1v) is 7.15. The van der Waals surface area contributed by atoms with Gasteiger partial charge >= 0.3 is 0 Å². The van der Waals surface area contributed by atoms with Gasteiger partial charge in [-0.25, -0.2) is 8.42 Å². The minimum Gasteiger partial charge on any atom is -0.495 e. The van der Waals surface area contributed by atoms with Crippen LogP contribution in [-0.2, 0) is 10.0 Å². The number of sulfonamides is 1. The highest BCUT2D eigenvalue weighted by Gasteiger charge is 2.20. The van der Waals surface area contributed by atoms with E-state index in [2.05, 4.69) is 9.71 Å². The SMILES string of the molecule is COc1ccc(Cl)cc1S(=O)(=O)Nc1ccncc1.Cl. The minimum absolute atomic E-state index is 0. The zero-order valence-electron chi connectivity index (χ0n) is 10.4. The van der Waals surface area contributed by atoms with Gasteiger partial charge in [0.1, 0.15) is 10.6 Å². The van der Waals surface area contributed by atoms with Crippen molar-refractivity contribution in [2.45, 2.75) is 4.90 Å². The van der Waals surface area contributed by atoms with Gasteiger partial charge in [-0.3, -0.25) is 9.71 Å². The average molecular weight is 335 g/mol. The Morgan fingerprint density at radius 3 is 2.45 bits per heavy atom. The Bertz CT molecular complexity index is 678. The van der Waals surface area contributed by atoms with Crippen LogP contribution in [0.3, 0.4) is 0 Å². The molecule has 0 fully saturated rings. The molecule has 1 heterocycles. The van der Waals surface area contributed by atoms with E-state index in [1.165, 1.54) is 31.6 Å². The zero-order chi connectivity index (χ0) is 13.9. The van der Waals surface area contributed by atoms with Crippen molar-refractivity contribution in [3.05, 3.63) is 47.7 Å². The number of halogens is 2. The van der Waals surface area contributed by atoms with Crippen molar-refractivity contribution >= 4 is 39.7 Å². The summed E-state index contributed by atoms with van der Waals surface area (Å²) in [6, 6.07) is 7.50. The number of aromatic nitrogens is 1. The van der Waals surface area contributed by atoms with E-state index in [0.29, 0.717) is 10.7 Å². The molecular weight excluding hydrogens is 323 g/mol. The molecule has 0 radical (unpaired) electrons. The second-order valence-corrected chi connectivity index (χ2v) is 5.72. The van der Waals surface area contributed by atoms with E-state index in [1.807, 2.05) is 0 Å². The Morgan fingerprint density at radius 2 is 1.85 bits per heavy atom. The zero-order valence-corrected chi connectivity index (χ0v) is 12.8. The van der Waals surface area contributed by atoms with Crippen molar-refractivity contribution in [3.63, 3.8) is 0 Å². The molecule has 0 saturated carbocycles. The number of ether oxygens (including phenoxy) is 1. The fourth-order valence-electron chi connectivity index (χ4n) is 1.49. The summed E-state index contributed by atoms with van der Waals surface area (Å²) >= 11 is 5.83. The molecule has 108 valence electrons. The van der Waals surface area contributed by atoms with Gasteiger partial charge in [0.2, 0.25) is 0 Å². The van der Waals surface area contributed by atoms with Crippen LogP contribution < -0.4 is 9.46 Å². The molecule has 2 rings (SSSR count). The second-order valence-electron chi connectivity index (χ2n) is 3.64. The molecule has 8 heteroatoms. The number of anilines is 1. The Hall–Kier alpha value is -1.50. The maximum Gasteiger partial charge on any atom is 0.265 e. The molecule has 0 spiro atoms. The van der Waals surface area contributed by atoms with E-state index < -0.39 is 10.0 Å². The molecule has 0 atom stereocenters. The molecule has 20 heavy (non-hydrogen) atoms. The Kier molecular flexibility index (Phi) is 5.62. The molecule has 0 saturated heterocycles. The summed E-state index contributed by atoms with van der Waals surface area (Å²) in [5.74, 6) is 0.228.